The third-order valence-corrected chi connectivity index (χ3v) is 9.28. The Morgan fingerprint density at radius 2 is 1.52 bits per heavy atom. The Kier molecular flexibility index (Phi) is 15.8. The van der Waals surface area contributed by atoms with E-state index in [0.717, 1.165) is 59.9 Å². The number of hydrogen-bond donors (Lipinski definition) is 1. The van der Waals surface area contributed by atoms with Crippen molar-refractivity contribution in [1.29, 1.82) is 5.26 Å². The second-order valence-electron chi connectivity index (χ2n) is 15.5. The number of hydrogen-bond acceptors (Lipinski definition) is 4. The third-order valence-electron chi connectivity index (χ3n) is 9.28. The summed E-state index contributed by atoms with van der Waals surface area (Å²) in [5, 5.41) is 21.9. The largest absolute Gasteiger partial charge is 0.512 e. The summed E-state index contributed by atoms with van der Waals surface area (Å²) in [6.07, 6.45) is 7.62. The number of allylic oxidation sites excluding steroid dienone is 2. The summed E-state index contributed by atoms with van der Waals surface area (Å²) in [5.41, 5.74) is 8.36. The van der Waals surface area contributed by atoms with E-state index in [9.17, 15) is 15.2 Å². The molecule has 0 amide bonds. The van der Waals surface area contributed by atoms with Crippen LogP contribution in [0, 0.1) is 41.6 Å². The minimum absolute atomic E-state index is 0. The van der Waals surface area contributed by atoms with Crippen LogP contribution >= 0.6 is 0 Å². The maximum atomic E-state index is 11.7. The molecular formula is C45H57IrN2O2-. The first-order chi connectivity index (χ1) is 23.1. The van der Waals surface area contributed by atoms with Crippen molar-refractivity contribution in [2.75, 3.05) is 0 Å². The van der Waals surface area contributed by atoms with E-state index in [2.05, 4.69) is 120 Å². The van der Waals surface area contributed by atoms with E-state index >= 15 is 0 Å². The fourth-order valence-electron chi connectivity index (χ4n) is 6.43. The molecule has 5 heteroatoms. The third kappa shape index (κ3) is 11.2. The van der Waals surface area contributed by atoms with Gasteiger partial charge in [-0.1, -0.05) is 123 Å². The fourth-order valence-corrected chi connectivity index (χ4v) is 6.43. The number of carbonyl (C=O) groups is 1. The first kappa shape index (κ1) is 42.6. The number of aryl methyl sites for hydroxylation is 1. The monoisotopic (exact) mass is 850 g/mol. The average Bonchev–Trinajstić information content (AvgIpc) is 3.04. The van der Waals surface area contributed by atoms with Gasteiger partial charge in [0.2, 0.25) is 0 Å². The Bertz CT molecular complexity index is 1810. The Morgan fingerprint density at radius 3 is 2.06 bits per heavy atom. The van der Waals surface area contributed by atoms with Gasteiger partial charge in [-0.15, -0.1) is 29.1 Å². The molecule has 0 unspecified atom stereocenters. The normalized spacial score (nSPS) is 12.0. The van der Waals surface area contributed by atoms with Crippen LogP contribution in [0.3, 0.4) is 0 Å². The maximum absolute atomic E-state index is 11.7. The zero-order chi connectivity index (χ0) is 36.5. The number of rotatable bonds is 10. The quantitative estimate of drug-likeness (QED) is 0.0980. The predicted molar refractivity (Wildman–Crippen MR) is 207 cm³/mol. The van der Waals surface area contributed by atoms with Gasteiger partial charge in [-0.05, 0) is 72.1 Å². The topological polar surface area (TPSA) is 74.0 Å². The summed E-state index contributed by atoms with van der Waals surface area (Å²) < 4.78 is 0. The molecule has 1 radical (unpaired) electrons. The van der Waals surface area contributed by atoms with E-state index in [1.54, 1.807) is 6.20 Å². The van der Waals surface area contributed by atoms with Crippen molar-refractivity contribution in [1.82, 2.24) is 4.98 Å². The molecule has 0 aliphatic carbocycles. The number of carbonyl (C=O) groups excluding carboxylic acids is 1. The van der Waals surface area contributed by atoms with Crippen molar-refractivity contribution in [2.45, 2.75) is 114 Å². The van der Waals surface area contributed by atoms with Crippen LogP contribution in [-0.4, -0.2) is 15.9 Å². The second kappa shape index (κ2) is 18.6. The van der Waals surface area contributed by atoms with Crippen LogP contribution in [0.25, 0.3) is 33.2 Å². The molecule has 0 saturated heterocycles. The number of aliphatic hydroxyl groups is 1. The summed E-state index contributed by atoms with van der Waals surface area (Å²) in [7, 11) is 0. The van der Waals surface area contributed by atoms with Gasteiger partial charge >= 0.3 is 0 Å². The maximum Gasteiger partial charge on any atom is 0.162 e. The molecule has 3 aromatic carbocycles. The number of fused-ring (bicyclic) bond motifs is 1. The van der Waals surface area contributed by atoms with Crippen LogP contribution in [-0.2, 0) is 36.7 Å². The van der Waals surface area contributed by atoms with Gasteiger partial charge in [0.05, 0.1) is 11.3 Å². The summed E-state index contributed by atoms with van der Waals surface area (Å²) in [6.45, 7) is 23.7. The molecule has 269 valence electrons. The van der Waals surface area contributed by atoms with Crippen LogP contribution in [0.5, 0.6) is 0 Å². The average molecular weight is 850 g/mol. The standard InChI is InChI=1S/C32H33N2.C13H24O2.Ir/c1-21-14-22(18-31(2,3)4)12-13-26(21)28-17-30(34-20-25(28)19-33)24-15-23-10-8-9-11-27(23)29(16-24)32(5,6)7;1-5-10(6-2)12(14)9-13(15)11(7-3)8-4;/h8-14,16-17,20H,18H2,1-7H3;9-11,14H,5-8H2,1-4H3;/q-1;;/b;12-9-;. The second-order valence-corrected chi connectivity index (χ2v) is 15.5. The van der Waals surface area contributed by atoms with Crippen molar-refractivity contribution in [3.63, 3.8) is 0 Å². The van der Waals surface area contributed by atoms with Gasteiger partial charge in [0.1, 0.15) is 6.07 Å². The van der Waals surface area contributed by atoms with Gasteiger partial charge in [0, 0.05) is 49.9 Å². The van der Waals surface area contributed by atoms with Gasteiger partial charge in [0.25, 0.3) is 0 Å². The molecule has 1 heterocycles. The Labute approximate surface area is 315 Å². The molecule has 0 aliphatic heterocycles. The summed E-state index contributed by atoms with van der Waals surface area (Å²) in [5.74, 6) is 0.547. The molecular weight excluding hydrogens is 793 g/mol. The summed E-state index contributed by atoms with van der Waals surface area (Å²) in [4.78, 5) is 16.4. The van der Waals surface area contributed by atoms with E-state index in [-0.39, 0.29) is 54.3 Å². The van der Waals surface area contributed by atoms with E-state index in [0.29, 0.717) is 5.56 Å². The molecule has 0 spiro atoms. The fraction of sp³-hybridized carbons (Fsp3) is 0.444. The van der Waals surface area contributed by atoms with E-state index < -0.39 is 0 Å². The number of aromatic nitrogens is 1. The van der Waals surface area contributed by atoms with Crippen molar-refractivity contribution in [3.05, 3.63) is 101 Å². The van der Waals surface area contributed by atoms with Crippen molar-refractivity contribution < 1.29 is 30.0 Å². The minimum atomic E-state index is -0.0155. The van der Waals surface area contributed by atoms with Gasteiger partial charge < -0.3 is 5.11 Å². The van der Waals surface area contributed by atoms with Crippen molar-refractivity contribution in [2.24, 2.45) is 17.3 Å². The van der Waals surface area contributed by atoms with Crippen LogP contribution in [0.4, 0.5) is 0 Å². The van der Waals surface area contributed by atoms with E-state index in [1.165, 1.54) is 28.2 Å². The van der Waals surface area contributed by atoms with Gasteiger partial charge in [0.15, 0.2) is 5.78 Å². The first-order valence-corrected chi connectivity index (χ1v) is 18.0. The van der Waals surface area contributed by atoms with E-state index in [4.69, 9.17) is 0 Å². The summed E-state index contributed by atoms with van der Waals surface area (Å²) >= 11 is 0. The molecule has 0 fully saturated rings. The molecule has 4 nitrogen and oxygen atoms in total. The Balaban J connectivity index is 0.000000461. The Morgan fingerprint density at radius 1 is 0.900 bits per heavy atom. The first-order valence-electron chi connectivity index (χ1n) is 18.0. The molecule has 0 atom stereocenters. The molecule has 0 saturated carbocycles. The van der Waals surface area contributed by atoms with Gasteiger partial charge in [-0.2, -0.15) is 5.26 Å². The number of ketones is 1. The molecule has 4 aromatic rings. The summed E-state index contributed by atoms with van der Waals surface area (Å²) in [6, 6.07) is 25.2. The van der Waals surface area contributed by atoms with Crippen molar-refractivity contribution in [3.8, 4) is 28.5 Å². The minimum Gasteiger partial charge on any atom is -0.512 e. The van der Waals surface area contributed by atoms with Gasteiger partial charge in [-0.25, -0.2) is 0 Å². The molecule has 1 aromatic heterocycles. The van der Waals surface area contributed by atoms with Crippen LogP contribution in [0.15, 0.2) is 72.6 Å². The zero-order valence-electron chi connectivity index (χ0n) is 32.1. The van der Waals surface area contributed by atoms with Crippen LogP contribution in [0.2, 0.25) is 0 Å². The van der Waals surface area contributed by atoms with E-state index in [1.807, 2.05) is 27.7 Å². The predicted octanol–water partition coefficient (Wildman–Crippen LogP) is 12.3. The van der Waals surface area contributed by atoms with Gasteiger partial charge in [-0.3, -0.25) is 9.78 Å². The number of benzene rings is 3. The molecule has 0 bridgehead atoms. The number of nitrogens with zero attached hydrogens (tertiary/aromatic N) is 2. The zero-order valence-corrected chi connectivity index (χ0v) is 34.5. The smallest absolute Gasteiger partial charge is 0.162 e. The SMILES string of the molecule is CCC(CC)C(=O)/C=C(\O)C(CC)CC.Cc1cc(CC(C)(C)C)ccc1-c1cc(-c2[c-]c3ccccc3c(C(C)(C)C)c2)ncc1C#N.[Ir]. The van der Waals surface area contributed by atoms with Crippen LogP contribution < -0.4 is 0 Å². The molecule has 0 aliphatic rings. The number of nitriles is 1. The van der Waals surface area contributed by atoms with Crippen LogP contribution in [0.1, 0.15) is 117 Å². The molecule has 1 N–H and O–H groups in total. The number of pyridine rings is 1. The molecule has 4 rings (SSSR count). The van der Waals surface area contributed by atoms with Crippen molar-refractivity contribution >= 4 is 16.6 Å². The molecule has 50 heavy (non-hydrogen) atoms. The number of aliphatic hydroxyl groups excluding tert-OH is 1. The Hall–Kier alpha value is -3.58.